The third kappa shape index (κ3) is 6.44. The quantitative estimate of drug-likeness (QED) is 0.485. The van der Waals surface area contributed by atoms with Crippen LogP contribution in [0.2, 0.25) is 0 Å². The highest BCUT2D eigenvalue weighted by Gasteiger charge is 2.38. The van der Waals surface area contributed by atoms with Crippen molar-refractivity contribution in [2.24, 2.45) is 0 Å². The molecule has 2 atom stereocenters. The van der Waals surface area contributed by atoms with Crippen LogP contribution >= 0.6 is 0 Å². The lowest BCUT2D eigenvalue weighted by Gasteiger charge is -2.32. The van der Waals surface area contributed by atoms with Crippen LogP contribution < -0.4 is 15.4 Å². The van der Waals surface area contributed by atoms with Gasteiger partial charge in [0.05, 0.1) is 18.1 Å². The molecule has 9 nitrogen and oxygen atoms in total. The van der Waals surface area contributed by atoms with Gasteiger partial charge in [-0.1, -0.05) is 6.07 Å². The molecule has 0 saturated carbocycles. The molecular formula is C25H31F4N5O4S. The largest absolute Gasteiger partial charge is 0.471 e. The molecular weight excluding hydrogens is 542 g/mol. The number of anilines is 1. The van der Waals surface area contributed by atoms with Crippen molar-refractivity contribution >= 4 is 16.0 Å². The van der Waals surface area contributed by atoms with Gasteiger partial charge in [-0.05, 0) is 55.8 Å². The van der Waals surface area contributed by atoms with E-state index < -0.39 is 39.6 Å². The molecule has 0 amide bonds. The first-order chi connectivity index (χ1) is 18.6. The molecule has 0 spiro atoms. The molecule has 1 unspecified atom stereocenters. The molecule has 5 rings (SSSR count). The van der Waals surface area contributed by atoms with Crippen molar-refractivity contribution in [1.82, 2.24) is 19.6 Å². The number of aromatic nitrogens is 2. The fourth-order valence-electron chi connectivity index (χ4n) is 5.17. The van der Waals surface area contributed by atoms with Gasteiger partial charge in [0, 0.05) is 38.3 Å². The van der Waals surface area contributed by atoms with Crippen LogP contribution in [0, 0.1) is 5.82 Å². The molecule has 3 saturated heterocycles. The Balaban J connectivity index is 1.22. The van der Waals surface area contributed by atoms with Crippen LogP contribution in [0.4, 0.5) is 23.5 Å². The predicted octanol–water partition coefficient (Wildman–Crippen LogP) is 3.53. The zero-order chi connectivity index (χ0) is 27.6. The van der Waals surface area contributed by atoms with E-state index in [2.05, 4.69) is 20.6 Å². The highest BCUT2D eigenvalue weighted by Crippen LogP contribution is 2.36. The number of sulfonamides is 1. The van der Waals surface area contributed by atoms with Crippen LogP contribution in [0.25, 0.3) is 0 Å². The zero-order valence-corrected chi connectivity index (χ0v) is 22.0. The average Bonchev–Trinajstić information content (AvgIpc) is 3.42. The number of hydrogen-bond acceptors (Lipinski definition) is 8. The van der Waals surface area contributed by atoms with Crippen LogP contribution in [0.1, 0.15) is 49.1 Å². The SMILES string of the molecule is O=S(=O)(c1ccc(C2CCCNC2)c(F)c1)N1CCC(Nc2ncc(C(F)(F)F)c(O[C@H]3CCOC3)n2)CC1. The molecule has 2 aromatic rings. The number of rotatable bonds is 7. The summed E-state index contributed by atoms with van der Waals surface area (Å²) in [7, 11) is -3.91. The summed E-state index contributed by atoms with van der Waals surface area (Å²) in [6.07, 6.45) is -1.55. The van der Waals surface area contributed by atoms with Crippen molar-refractivity contribution in [3.63, 3.8) is 0 Å². The molecule has 3 fully saturated rings. The van der Waals surface area contributed by atoms with Crippen LogP contribution in [-0.4, -0.2) is 74.2 Å². The van der Waals surface area contributed by atoms with Crippen LogP contribution in [0.5, 0.6) is 5.88 Å². The number of hydrogen-bond donors (Lipinski definition) is 2. The number of piperidine rings is 2. The van der Waals surface area contributed by atoms with E-state index in [-0.39, 0.29) is 42.5 Å². The van der Waals surface area contributed by atoms with E-state index in [1.165, 1.54) is 10.4 Å². The Bertz CT molecular complexity index is 1260. The van der Waals surface area contributed by atoms with Gasteiger partial charge in [-0.25, -0.2) is 17.8 Å². The smallest absolute Gasteiger partial charge is 0.423 e. The predicted molar refractivity (Wildman–Crippen MR) is 134 cm³/mol. The molecule has 3 aliphatic heterocycles. The Morgan fingerprint density at radius 2 is 1.95 bits per heavy atom. The maximum absolute atomic E-state index is 14.9. The lowest BCUT2D eigenvalue weighted by Crippen LogP contribution is -2.42. The molecule has 14 heteroatoms. The van der Waals surface area contributed by atoms with Crippen LogP contribution in [-0.2, 0) is 20.9 Å². The van der Waals surface area contributed by atoms with E-state index in [1.807, 2.05) is 0 Å². The number of nitrogens with one attached hydrogen (secondary N) is 2. The van der Waals surface area contributed by atoms with Crippen molar-refractivity contribution in [3.05, 3.63) is 41.3 Å². The molecule has 2 N–H and O–H groups in total. The Hall–Kier alpha value is -2.55. The summed E-state index contributed by atoms with van der Waals surface area (Å²) >= 11 is 0. The number of halogens is 4. The third-order valence-corrected chi connectivity index (χ3v) is 9.25. The van der Waals surface area contributed by atoms with Gasteiger partial charge >= 0.3 is 6.18 Å². The molecule has 4 heterocycles. The molecule has 214 valence electrons. The van der Waals surface area contributed by atoms with Gasteiger partial charge in [0.15, 0.2) is 0 Å². The van der Waals surface area contributed by atoms with Crippen LogP contribution in [0.3, 0.4) is 0 Å². The van der Waals surface area contributed by atoms with Gasteiger partial charge < -0.3 is 20.1 Å². The van der Waals surface area contributed by atoms with Gasteiger partial charge in [0.2, 0.25) is 21.9 Å². The number of nitrogens with zero attached hydrogens (tertiary/aromatic N) is 3. The van der Waals surface area contributed by atoms with Gasteiger partial charge in [0.25, 0.3) is 0 Å². The number of alkyl halides is 3. The minimum atomic E-state index is -4.68. The fraction of sp³-hybridized carbons (Fsp3) is 0.600. The monoisotopic (exact) mass is 573 g/mol. The van der Waals surface area contributed by atoms with E-state index in [4.69, 9.17) is 9.47 Å². The van der Waals surface area contributed by atoms with Gasteiger partial charge in [-0.3, -0.25) is 0 Å². The Kier molecular flexibility index (Phi) is 8.26. The molecule has 1 aromatic heterocycles. The minimum Gasteiger partial charge on any atom is -0.471 e. The summed E-state index contributed by atoms with van der Waals surface area (Å²) in [5, 5.41) is 6.24. The van der Waals surface area contributed by atoms with E-state index >= 15 is 0 Å². The maximum atomic E-state index is 14.9. The first-order valence-electron chi connectivity index (χ1n) is 13.1. The molecule has 0 bridgehead atoms. The summed E-state index contributed by atoms with van der Waals surface area (Å²) < 4.78 is 93.6. The highest BCUT2D eigenvalue weighted by atomic mass is 32.2. The average molecular weight is 574 g/mol. The molecule has 0 aliphatic carbocycles. The molecule has 1 aromatic carbocycles. The van der Waals surface area contributed by atoms with Crippen molar-refractivity contribution in [3.8, 4) is 5.88 Å². The molecule has 0 radical (unpaired) electrons. The van der Waals surface area contributed by atoms with E-state index in [1.54, 1.807) is 6.07 Å². The van der Waals surface area contributed by atoms with E-state index in [9.17, 15) is 26.0 Å². The Labute approximate surface area is 224 Å². The lowest BCUT2D eigenvalue weighted by atomic mass is 9.91. The normalized spacial score (nSPS) is 23.6. The highest BCUT2D eigenvalue weighted by molar-refractivity contribution is 7.89. The van der Waals surface area contributed by atoms with Crippen molar-refractivity contribution in [1.29, 1.82) is 0 Å². The second-order valence-electron chi connectivity index (χ2n) is 10.1. The zero-order valence-electron chi connectivity index (χ0n) is 21.2. The third-order valence-electron chi connectivity index (χ3n) is 7.36. The van der Waals surface area contributed by atoms with Crippen molar-refractivity contribution in [2.45, 2.75) is 61.2 Å². The van der Waals surface area contributed by atoms with Gasteiger partial charge in [-0.2, -0.15) is 22.5 Å². The van der Waals surface area contributed by atoms with Crippen molar-refractivity contribution in [2.75, 3.05) is 44.7 Å². The second-order valence-corrected chi connectivity index (χ2v) is 12.0. The number of ether oxygens (including phenoxy) is 2. The lowest BCUT2D eigenvalue weighted by molar-refractivity contribution is -0.139. The van der Waals surface area contributed by atoms with E-state index in [0.717, 1.165) is 25.5 Å². The summed E-state index contributed by atoms with van der Waals surface area (Å²) in [5.41, 5.74) is -0.553. The fourth-order valence-corrected chi connectivity index (χ4v) is 6.65. The Morgan fingerprint density at radius 3 is 2.59 bits per heavy atom. The summed E-state index contributed by atoms with van der Waals surface area (Å²) in [6, 6.07) is 3.85. The van der Waals surface area contributed by atoms with E-state index in [0.29, 0.717) is 44.2 Å². The maximum Gasteiger partial charge on any atom is 0.423 e. The van der Waals surface area contributed by atoms with Crippen LogP contribution in [0.15, 0.2) is 29.3 Å². The second kappa shape index (κ2) is 11.5. The number of benzene rings is 1. The van der Waals surface area contributed by atoms with Gasteiger partial charge in [0.1, 0.15) is 17.5 Å². The van der Waals surface area contributed by atoms with Crippen molar-refractivity contribution < 1.29 is 35.5 Å². The molecule has 3 aliphatic rings. The summed E-state index contributed by atoms with van der Waals surface area (Å²) in [6.45, 7) is 2.44. The summed E-state index contributed by atoms with van der Waals surface area (Å²) in [5.74, 6) is -1.11. The first kappa shape index (κ1) is 28.0. The topological polar surface area (TPSA) is 106 Å². The minimum absolute atomic E-state index is 0.0159. The summed E-state index contributed by atoms with van der Waals surface area (Å²) in [4.78, 5) is 7.69. The Morgan fingerprint density at radius 1 is 1.15 bits per heavy atom. The molecule has 39 heavy (non-hydrogen) atoms. The van der Waals surface area contributed by atoms with Gasteiger partial charge in [-0.15, -0.1) is 0 Å². The standard InChI is InChI=1S/C25H31F4N5O4S/c26-22-12-19(3-4-20(22)16-2-1-8-30-13-16)39(35,36)34-9-5-17(6-10-34)32-24-31-14-21(25(27,28)29)23(33-24)38-18-7-11-37-15-18/h3-4,12,14,16-18,30H,1-2,5-11,13,15H2,(H,31,32,33)/t16?,18-/m0/s1. The first-order valence-corrected chi connectivity index (χ1v) is 14.5.